The fourth-order valence-corrected chi connectivity index (χ4v) is 2.42. The number of carbonyl (C=O) groups is 1. The molecule has 0 amide bonds. The molecule has 7 nitrogen and oxygen atoms in total. The number of carbonyl (C=O) groups excluding carboxylic acids is 1. The minimum Gasteiger partial charge on any atom is -0.394 e. The molecule has 2 aromatic carbocycles. The van der Waals surface area contributed by atoms with Crippen LogP contribution in [0.1, 0.15) is 21.5 Å². The molecule has 2 aromatic rings. The van der Waals surface area contributed by atoms with Crippen molar-refractivity contribution in [2.24, 2.45) is 0 Å². The zero-order chi connectivity index (χ0) is 23.8. The average molecular weight is 459 g/mol. The fraction of sp³-hybridized carbons (Fsp3) is 0.423. The number of aliphatic hydroxyl groups excluding tert-OH is 1. The molecule has 0 radical (unpaired) electrons. The van der Waals surface area contributed by atoms with E-state index in [9.17, 15) is 4.79 Å². The standard InChI is InChI=1S/C18H24O6.C8H10O/c19-6-8-22-10-12-24-14-13-23-11-9-21-7-2-5-17-3-1-4-18(15-17)16-20;1-9-7-8-5-3-2-4-6-8/h1,3-4,15-16,19H,6-14H2;2-6H,7H2,1H3. The summed E-state index contributed by atoms with van der Waals surface area (Å²) in [5.41, 5.74) is 2.62. The topological polar surface area (TPSA) is 83.5 Å². The number of benzene rings is 2. The summed E-state index contributed by atoms with van der Waals surface area (Å²) in [4.78, 5) is 10.6. The summed E-state index contributed by atoms with van der Waals surface area (Å²) in [5.74, 6) is 5.83. The molecule has 0 spiro atoms. The van der Waals surface area contributed by atoms with Crippen LogP contribution in [0.2, 0.25) is 0 Å². The lowest BCUT2D eigenvalue weighted by Gasteiger charge is -2.06. The third-order valence-electron chi connectivity index (χ3n) is 3.94. The summed E-state index contributed by atoms with van der Waals surface area (Å²) in [6, 6.07) is 17.2. The molecule has 0 atom stereocenters. The fourth-order valence-electron chi connectivity index (χ4n) is 2.42. The predicted molar refractivity (Wildman–Crippen MR) is 126 cm³/mol. The van der Waals surface area contributed by atoms with Crippen LogP contribution in [0.15, 0.2) is 54.6 Å². The molecule has 33 heavy (non-hydrogen) atoms. The molecular weight excluding hydrogens is 424 g/mol. The minimum atomic E-state index is 0.0264. The van der Waals surface area contributed by atoms with Gasteiger partial charge in [0, 0.05) is 18.2 Å². The van der Waals surface area contributed by atoms with Crippen LogP contribution in [-0.2, 0) is 30.3 Å². The monoisotopic (exact) mass is 458 g/mol. The number of methoxy groups -OCH3 is 1. The molecule has 0 heterocycles. The van der Waals surface area contributed by atoms with Crippen LogP contribution < -0.4 is 0 Å². The largest absolute Gasteiger partial charge is 0.394 e. The maximum Gasteiger partial charge on any atom is 0.150 e. The Morgan fingerprint density at radius 3 is 2.06 bits per heavy atom. The highest BCUT2D eigenvalue weighted by Gasteiger charge is 1.93. The van der Waals surface area contributed by atoms with Crippen molar-refractivity contribution in [3.63, 3.8) is 0 Å². The quantitative estimate of drug-likeness (QED) is 0.250. The van der Waals surface area contributed by atoms with Gasteiger partial charge in [0.2, 0.25) is 0 Å². The van der Waals surface area contributed by atoms with Crippen molar-refractivity contribution in [1.82, 2.24) is 0 Å². The lowest BCUT2D eigenvalue weighted by Crippen LogP contribution is -2.12. The van der Waals surface area contributed by atoms with E-state index >= 15 is 0 Å². The van der Waals surface area contributed by atoms with Gasteiger partial charge in [0.15, 0.2) is 0 Å². The average Bonchev–Trinajstić information content (AvgIpc) is 2.85. The molecule has 2 rings (SSSR count). The maximum absolute atomic E-state index is 10.6. The van der Waals surface area contributed by atoms with Gasteiger partial charge >= 0.3 is 0 Å². The molecule has 0 aliphatic carbocycles. The van der Waals surface area contributed by atoms with Crippen LogP contribution >= 0.6 is 0 Å². The zero-order valence-electron chi connectivity index (χ0n) is 19.2. The van der Waals surface area contributed by atoms with E-state index in [2.05, 4.69) is 11.8 Å². The molecule has 0 aliphatic rings. The van der Waals surface area contributed by atoms with Crippen LogP contribution in [0, 0.1) is 11.8 Å². The zero-order valence-corrected chi connectivity index (χ0v) is 19.2. The van der Waals surface area contributed by atoms with Crippen LogP contribution in [0.4, 0.5) is 0 Å². The van der Waals surface area contributed by atoms with E-state index in [1.54, 1.807) is 25.3 Å². The van der Waals surface area contributed by atoms with E-state index in [0.717, 1.165) is 11.8 Å². The summed E-state index contributed by atoms with van der Waals surface area (Å²) in [7, 11) is 1.70. The van der Waals surface area contributed by atoms with Gasteiger partial charge in [-0.1, -0.05) is 54.3 Å². The second-order valence-corrected chi connectivity index (χ2v) is 6.58. The second-order valence-electron chi connectivity index (χ2n) is 6.58. The minimum absolute atomic E-state index is 0.0264. The van der Waals surface area contributed by atoms with Crippen molar-refractivity contribution in [2.75, 3.05) is 66.6 Å². The van der Waals surface area contributed by atoms with Gasteiger partial charge in [-0.2, -0.15) is 0 Å². The Morgan fingerprint density at radius 1 is 0.818 bits per heavy atom. The molecule has 0 unspecified atom stereocenters. The summed E-state index contributed by atoms with van der Waals surface area (Å²) in [5, 5.41) is 8.50. The van der Waals surface area contributed by atoms with E-state index in [1.807, 2.05) is 36.4 Å². The SMILES string of the molecule is COCc1ccccc1.O=Cc1cccc(C#CCOCCOCCOCCOCCO)c1. The van der Waals surface area contributed by atoms with Crippen molar-refractivity contribution in [3.05, 3.63) is 71.3 Å². The van der Waals surface area contributed by atoms with Crippen molar-refractivity contribution in [1.29, 1.82) is 0 Å². The second kappa shape index (κ2) is 21.3. The molecule has 7 heteroatoms. The van der Waals surface area contributed by atoms with Crippen molar-refractivity contribution in [2.45, 2.75) is 6.61 Å². The van der Waals surface area contributed by atoms with E-state index in [0.29, 0.717) is 65.0 Å². The Morgan fingerprint density at radius 2 is 1.45 bits per heavy atom. The van der Waals surface area contributed by atoms with Gasteiger partial charge in [0.25, 0.3) is 0 Å². The van der Waals surface area contributed by atoms with Crippen LogP contribution in [0.3, 0.4) is 0 Å². The smallest absolute Gasteiger partial charge is 0.150 e. The van der Waals surface area contributed by atoms with E-state index < -0.39 is 0 Å². The Bertz CT molecular complexity index is 784. The number of ether oxygens (including phenoxy) is 5. The third kappa shape index (κ3) is 16.7. The Kier molecular flexibility index (Phi) is 18.4. The summed E-state index contributed by atoms with van der Waals surface area (Å²) in [6.07, 6.45) is 0.797. The molecule has 0 aliphatic heterocycles. The van der Waals surface area contributed by atoms with Crippen LogP contribution in [0.25, 0.3) is 0 Å². The highest BCUT2D eigenvalue weighted by Crippen LogP contribution is 2.01. The first-order valence-electron chi connectivity index (χ1n) is 10.8. The maximum atomic E-state index is 10.6. The molecule has 0 saturated heterocycles. The van der Waals surface area contributed by atoms with Gasteiger partial charge in [-0.25, -0.2) is 0 Å². The molecular formula is C26H34O7. The molecule has 180 valence electrons. The summed E-state index contributed by atoms with van der Waals surface area (Å²) in [6.45, 7) is 4.27. The van der Waals surface area contributed by atoms with E-state index in [4.69, 9.17) is 28.8 Å². The summed E-state index contributed by atoms with van der Waals surface area (Å²) < 4.78 is 25.9. The van der Waals surface area contributed by atoms with Gasteiger partial charge in [0.1, 0.15) is 12.9 Å². The molecule has 0 saturated carbocycles. The number of aldehydes is 1. The Balaban J connectivity index is 0.000000502. The molecule has 0 aromatic heterocycles. The van der Waals surface area contributed by atoms with Crippen LogP contribution in [0.5, 0.6) is 0 Å². The summed E-state index contributed by atoms with van der Waals surface area (Å²) >= 11 is 0. The molecule has 0 fully saturated rings. The first kappa shape index (κ1) is 28.5. The Labute approximate surface area is 196 Å². The molecule has 1 N–H and O–H groups in total. The highest BCUT2D eigenvalue weighted by atomic mass is 16.6. The first-order valence-corrected chi connectivity index (χ1v) is 10.8. The van der Waals surface area contributed by atoms with E-state index in [1.165, 1.54) is 5.56 Å². The van der Waals surface area contributed by atoms with Crippen molar-refractivity contribution < 1.29 is 33.6 Å². The predicted octanol–water partition coefficient (Wildman–Crippen LogP) is 2.74. The number of rotatable bonds is 15. The van der Waals surface area contributed by atoms with Crippen molar-refractivity contribution in [3.8, 4) is 11.8 Å². The normalized spacial score (nSPS) is 10.0. The Hall–Kier alpha value is -2.57. The highest BCUT2D eigenvalue weighted by molar-refractivity contribution is 5.75. The van der Waals surface area contributed by atoms with Gasteiger partial charge in [-0.15, -0.1) is 0 Å². The number of aliphatic hydroxyl groups is 1. The van der Waals surface area contributed by atoms with E-state index in [-0.39, 0.29) is 6.61 Å². The lowest BCUT2D eigenvalue weighted by atomic mass is 10.1. The third-order valence-corrected chi connectivity index (χ3v) is 3.94. The number of hydrogen-bond acceptors (Lipinski definition) is 7. The van der Waals surface area contributed by atoms with Gasteiger partial charge in [0.05, 0.1) is 59.5 Å². The molecule has 0 bridgehead atoms. The first-order chi connectivity index (χ1) is 16.3. The lowest BCUT2D eigenvalue weighted by molar-refractivity contribution is -0.00291. The number of hydrogen-bond donors (Lipinski definition) is 1. The van der Waals surface area contributed by atoms with Gasteiger partial charge in [-0.3, -0.25) is 4.79 Å². The van der Waals surface area contributed by atoms with Crippen molar-refractivity contribution >= 4 is 6.29 Å². The van der Waals surface area contributed by atoms with Gasteiger partial charge < -0.3 is 28.8 Å². The van der Waals surface area contributed by atoms with Gasteiger partial charge in [-0.05, 0) is 17.7 Å². The van der Waals surface area contributed by atoms with Crippen LogP contribution in [-0.4, -0.2) is 78.0 Å².